The Bertz CT molecular complexity index is 730. The lowest BCUT2D eigenvalue weighted by Gasteiger charge is -2.06. The second kappa shape index (κ2) is 5.33. The van der Waals surface area contributed by atoms with E-state index in [9.17, 15) is 13.2 Å². The summed E-state index contributed by atoms with van der Waals surface area (Å²) in [6.07, 6.45) is -2.58. The lowest BCUT2D eigenvalue weighted by molar-refractivity contribution is -0.137. The molecule has 1 aromatic carbocycles. The van der Waals surface area contributed by atoms with Gasteiger partial charge >= 0.3 is 6.18 Å². The van der Waals surface area contributed by atoms with Crippen molar-refractivity contribution in [1.82, 2.24) is 4.98 Å². The van der Waals surface area contributed by atoms with Gasteiger partial charge in [-0.05, 0) is 42.0 Å². The topological polar surface area (TPSA) is 12.9 Å². The van der Waals surface area contributed by atoms with Gasteiger partial charge in [0.1, 0.15) is 0 Å². The smallest absolute Gasteiger partial charge is 0.255 e. The van der Waals surface area contributed by atoms with Gasteiger partial charge in [-0.15, -0.1) is 11.3 Å². The fourth-order valence-corrected chi connectivity index (χ4v) is 2.95. The Morgan fingerprint density at radius 1 is 0.810 bits per heavy atom. The maximum atomic E-state index is 12.5. The lowest BCUT2D eigenvalue weighted by Crippen LogP contribution is -2.03. The average molecular weight is 305 g/mol. The summed E-state index contributed by atoms with van der Waals surface area (Å²) in [5.74, 6) is 0. The Morgan fingerprint density at radius 2 is 1.52 bits per heavy atom. The Balaban J connectivity index is 1.90. The molecule has 0 spiro atoms. The number of hydrogen-bond donors (Lipinski definition) is 0. The van der Waals surface area contributed by atoms with E-state index in [4.69, 9.17) is 0 Å². The van der Waals surface area contributed by atoms with Crippen molar-refractivity contribution in [2.24, 2.45) is 0 Å². The quantitative estimate of drug-likeness (QED) is 0.609. The number of halogens is 3. The molecule has 0 saturated heterocycles. The number of thiophene rings is 1. The number of nitrogens with zero attached hydrogens (tertiary/aromatic N) is 1. The van der Waals surface area contributed by atoms with Gasteiger partial charge in [0.25, 0.3) is 0 Å². The molecule has 3 aromatic rings. The van der Waals surface area contributed by atoms with Crippen LogP contribution in [0.15, 0.2) is 60.8 Å². The van der Waals surface area contributed by atoms with Crippen molar-refractivity contribution in [3.8, 4) is 21.0 Å². The predicted octanol–water partition coefficient (Wildman–Crippen LogP) is 5.50. The summed E-state index contributed by atoms with van der Waals surface area (Å²) in [5.41, 5.74) is 1.00. The van der Waals surface area contributed by atoms with Gasteiger partial charge in [-0.1, -0.05) is 18.2 Å². The van der Waals surface area contributed by atoms with Gasteiger partial charge in [0.2, 0.25) is 0 Å². The molecule has 0 saturated carbocycles. The van der Waals surface area contributed by atoms with E-state index in [-0.39, 0.29) is 0 Å². The highest BCUT2D eigenvalue weighted by molar-refractivity contribution is 7.18. The largest absolute Gasteiger partial charge is 0.416 e. The highest BCUT2D eigenvalue weighted by atomic mass is 32.1. The molecule has 0 fully saturated rings. The van der Waals surface area contributed by atoms with Crippen LogP contribution in [0.4, 0.5) is 13.2 Å². The third kappa shape index (κ3) is 2.97. The van der Waals surface area contributed by atoms with Gasteiger partial charge in [-0.25, -0.2) is 0 Å². The summed E-state index contributed by atoms with van der Waals surface area (Å²) in [6, 6.07) is 14.7. The average Bonchev–Trinajstić information content (AvgIpc) is 2.97. The molecular formula is C16H10F3NS. The minimum absolute atomic E-state index is 0.632. The monoisotopic (exact) mass is 305 g/mol. The number of rotatable bonds is 2. The first-order valence-electron chi connectivity index (χ1n) is 6.23. The van der Waals surface area contributed by atoms with E-state index in [0.29, 0.717) is 0 Å². The van der Waals surface area contributed by atoms with E-state index in [2.05, 4.69) is 4.98 Å². The van der Waals surface area contributed by atoms with Crippen LogP contribution < -0.4 is 0 Å². The maximum absolute atomic E-state index is 12.5. The molecule has 0 aliphatic heterocycles. The van der Waals surface area contributed by atoms with E-state index in [0.717, 1.165) is 33.1 Å². The first kappa shape index (κ1) is 13.8. The third-order valence-electron chi connectivity index (χ3n) is 3.02. The SMILES string of the molecule is FC(F)(F)c1ccc(-c2ccc(-c3ccccn3)s2)cc1. The number of aromatic nitrogens is 1. The summed E-state index contributed by atoms with van der Waals surface area (Å²) >= 11 is 1.51. The van der Waals surface area contributed by atoms with E-state index in [1.807, 2.05) is 30.3 Å². The second-order valence-electron chi connectivity index (χ2n) is 4.45. The number of hydrogen-bond acceptors (Lipinski definition) is 2. The van der Waals surface area contributed by atoms with Crippen molar-refractivity contribution in [2.45, 2.75) is 6.18 Å². The first-order chi connectivity index (χ1) is 10.0. The summed E-state index contributed by atoms with van der Waals surface area (Å²) in [5, 5.41) is 0. The first-order valence-corrected chi connectivity index (χ1v) is 7.04. The normalized spacial score (nSPS) is 11.6. The maximum Gasteiger partial charge on any atom is 0.416 e. The molecule has 0 aliphatic rings. The molecule has 0 unspecified atom stereocenters. The van der Waals surface area contributed by atoms with Gasteiger partial charge in [-0.3, -0.25) is 4.98 Å². The molecule has 0 aliphatic carbocycles. The van der Waals surface area contributed by atoms with E-state index < -0.39 is 11.7 Å². The Labute approximate surface area is 123 Å². The second-order valence-corrected chi connectivity index (χ2v) is 5.54. The van der Waals surface area contributed by atoms with Crippen LogP contribution in [0.1, 0.15) is 5.56 Å². The Hall–Kier alpha value is -2.14. The molecule has 1 nitrogen and oxygen atoms in total. The molecular weight excluding hydrogens is 295 g/mol. The lowest BCUT2D eigenvalue weighted by atomic mass is 10.1. The van der Waals surface area contributed by atoms with Crippen LogP contribution in [0.5, 0.6) is 0 Å². The molecule has 3 rings (SSSR count). The van der Waals surface area contributed by atoms with Crippen LogP contribution in [-0.4, -0.2) is 4.98 Å². The van der Waals surface area contributed by atoms with Crippen molar-refractivity contribution in [3.63, 3.8) is 0 Å². The Morgan fingerprint density at radius 3 is 2.14 bits per heavy atom. The molecule has 5 heteroatoms. The summed E-state index contributed by atoms with van der Waals surface area (Å²) in [4.78, 5) is 6.18. The van der Waals surface area contributed by atoms with Crippen LogP contribution in [-0.2, 0) is 6.18 Å². The van der Waals surface area contributed by atoms with Gasteiger partial charge in [0.05, 0.1) is 16.1 Å². The van der Waals surface area contributed by atoms with Crippen molar-refractivity contribution >= 4 is 11.3 Å². The number of benzene rings is 1. The molecule has 0 radical (unpaired) electrons. The zero-order valence-electron chi connectivity index (χ0n) is 10.8. The van der Waals surface area contributed by atoms with Gasteiger partial charge in [-0.2, -0.15) is 13.2 Å². The molecule has 2 heterocycles. The van der Waals surface area contributed by atoms with E-state index in [1.54, 1.807) is 6.20 Å². The highest BCUT2D eigenvalue weighted by Gasteiger charge is 2.29. The molecule has 0 bridgehead atoms. The number of alkyl halides is 3. The fourth-order valence-electron chi connectivity index (χ4n) is 1.96. The molecule has 0 N–H and O–H groups in total. The zero-order valence-corrected chi connectivity index (χ0v) is 11.6. The highest BCUT2D eigenvalue weighted by Crippen LogP contribution is 2.35. The van der Waals surface area contributed by atoms with Crippen LogP contribution in [0.2, 0.25) is 0 Å². The third-order valence-corrected chi connectivity index (χ3v) is 4.18. The van der Waals surface area contributed by atoms with Gasteiger partial charge < -0.3 is 0 Å². The molecule has 0 amide bonds. The van der Waals surface area contributed by atoms with Crippen LogP contribution >= 0.6 is 11.3 Å². The van der Waals surface area contributed by atoms with Crippen LogP contribution in [0, 0.1) is 0 Å². The summed E-state index contributed by atoms with van der Waals surface area (Å²) < 4.78 is 37.6. The van der Waals surface area contributed by atoms with E-state index >= 15 is 0 Å². The summed E-state index contributed by atoms with van der Waals surface area (Å²) in [6.45, 7) is 0. The van der Waals surface area contributed by atoms with Crippen LogP contribution in [0.25, 0.3) is 21.0 Å². The molecule has 21 heavy (non-hydrogen) atoms. The number of pyridine rings is 1. The predicted molar refractivity (Wildman–Crippen MR) is 78.0 cm³/mol. The molecule has 106 valence electrons. The van der Waals surface area contributed by atoms with Crippen molar-refractivity contribution in [1.29, 1.82) is 0 Å². The minimum Gasteiger partial charge on any atom is -0.255 e. The molecule has 0 atom stereocenters. The zero-order chi connectivity index (χ0) is 14.9. The van der Waals surface area contributed by atoms with Crippen molar-refractivity contribution < 1.29 is 13.2 Å². The van der Waals surface area contributed by atoms with Crippen molar-refractivity contribution in [2.75, 3.05) is 0 Å². The minimum atomic E-state index is -4.30. The Kier molecular flexibility index (Phi) is 3.51. The fraction of sp³-hybridized carbons (Fsp3) is 0.0625. The van der Waals surface area contributed by atoms with Gasteiger partial charge in [0.15, 0.2) is 0 Å². The standard InChI is InChI=1S/C16H10F3NS/c17-16(18,19)12-6-4-11(5-7-12)14-8-9-15(21-14)13-3-1-2-10-20-13/h1-10H. The van der Waals surface area contributed by atoms with Crippen LogP contribution in [0.3, 0.4) is 0 Å². The van der Waals surface area contributed by atoms with Gasteiger partial charge in [0, 0.05) is 11.1 Å². The van der Waals surface area contributed by atoms with E-state index in [1.165, 1.54) is 23.5 Å². The van der Waals surface area contributed by atoms with Crippen molar-refractivity contribution in [3.05, 3.63) is 66.4 Å². The molecule has 2 aromatic heterocycles. The summed E-state index contributed by atoms with van der Waals surface area (Å²) in [7, 11) is 0.